The third-order valence-corrected chi connectivity index (χ3v) is 3.79. The van der Waals surface area contributed by atoms with Crippen LogP contribution in [-0.2, 0) is 11.2 Å². The number of carboxylic acid groups (broad SMARTS) is 1. The monoisotopic (exact) mass is 396 g/mol. The van der Waals surface area contributed by atoms with E-state index in [9.17, 15) is 9.59 Å². The number of hydrogen-bond acceptors (Lipinski definition) is 6. The molecule has 0 aliphatic carbocycles. The van der Waals surface area contributed by atoms with Crippen molar-refractivity contribution in [2.24, 2.45) is 5.10 Å². The molecule has 2 aromatic rings. The quantitative estimate of drug-likeness (QED) is 0.524. The van der Waals surface area contributed by atoms with Gasteiger partial charge in [-0.1, -0.05) is 18.5 Å². The van der Waals surface area contributed by atoms with Crippen LogP contribution in [0.1, 0.15) is 31.0 Å². The van der Waals surface area contributed by atoms with Crippen molar-refractivity contribution < 1.29 is 14.6 Å². The molecule has 0 bridgehead atoms. The molecule has 0 aliphatic rings. The lowest BCUT2D eigenvalue weighted by atomic mass is 10.2. The third kappa shape index (κ3) is 5.24. The molecule has 0 saturated heterocycles. The van der Waals surface area contributed by atoms with E-state index >= 15 is 0 Å². The minimum atomic E-state index is -1.02. The summed E-state index contributed by atoms with van der Waals surface area (Å²) in [6, 6.07) is 5.11. The van der Waals surface area contributed by atoms with E-state index in [1.165, 1.54) is 6.21 Å². The molecule has 0 unspecified atom stereocenters. The Bertz CT molecular complexity index is 939. The fraction of sp³-hybridized carbons (Fsp3) is 0.312. The SMILES string of the molecule is CCCOc1ccc(/C=N\n2c(=S)[nH]nc(CCC(=O)O)c2=O)cc1Cl. The zero-order valence-corrected chi connectivity index (χ0v) is 15.5. The number of benzene rings is 1. The van der Waals surface area contributed by atoms with Crippen LogP contribution in [-0.4, -0.2) is 38.8 Å². The van der Waals surface area contributed by atoms with Gasteiger partial charge in [0.1, 0.15) is 11.4 Å². The first-order valence-electron chi connectivity index (χ1n) is 7.81. The number of carbonyl (C=O) groups is 1. The first kappa shape index (κ1) is 19.8. The summed E-state index contributed by atoms with van der Waals surface area (Å²) in [5.74, 6) is -0.455. The van der Waals surface area contributed by atoms with Crippen molar-refractivity contribution in [3.63, 3.8) is 0 Å². The summed E-state index contributed by atoms with van der Waals surface area (Å²) < 4.78 is 6.45. The van der Waals surface area contributed by atoms with Gasteiger partial charge < -0.3 is 9.84 Å². The second kappa shape index (κ2) is 9.25. The normalized spacial score (nSPS) is 11.0. The van der Waals surface area contributed by atoms with Gasteiger partial charge in [0, 0.05) is 6.42 Å². The van der Waals surface area contributed by atoms with Crippen LogP contribution in [0.4, 0.5) is 0 Å². The molecule has 26 heavy (non-hydrogen) atoms. The van der Waals surface area contributed by atoms with E-state index in [0.29, 0.717) is 22.9 Å². The van der Waals surface area contributed by atoms with Gasteiger partial charge in [-0.3, -0.25) is 14.7 Å². The number of carboxylic acids is 1. The number of nitrogens with one attached hydrogen (secondary N) is 1. The summed E-state index contributed by atoms with van der Waals surface area (Å²) in [5, 5.41) is 19.5. The maximum absolute atomic E-state index is 12.3. The number of aliphatic carboxylic acids is 1. The molecule has 10 heteroatoms. The zero-order valence-electron chi connectivity index (χ0n) is 13.9. The Morgan fingerprint density at radius 1 is 1.54 bits per heavy atom. The highest BCUT2D eigenvalue weighted by molar-refractivity contribution is 7.71. The Labute approximate surface area is 159 Å². The van der Waals surface area contributed by atoms with Gasteiger partial charge >= 0.3 is 5.97 Å². The lowest BCUT2D eigenvalue weighted by molar-refractivity contribution is -0.136. The van der Waals surface area contributed by atoms with Gasteiger partial charge in [0.05, 0.1) is 24.3 Å². The molecule has 2 rings (SSSR count). The summed E-state index contributed by atoms with van der Waals surface area (Å²) in [5.41, 5.74) is 0.115. The summed E-state index contributed by atoms with van der Waals surface area (Å²) >= 11 is 11.2. The maximum atomic E-state index is 12.3. The summed E-state index contributed by atoms with van der Waals surface area (Å²) in [4.78, 5) is 23.0. The van der Waals surface area contributed by atoms with Crippen LogP contribution >= 0.6 is 23.8 Å². The van der Waals surface area contributed by atoms with E-state index in [2.05, 4.69) is 15.3 Å². The Morgan fingerprint density at radius 3 is 2.96 bits per heavy atom. The van der Waals surface area contributed by atoms with Gasteiger partial charge in [0.25, 0.3) is 5.56 Å². The minimum absolute atomic E-state index is 0.000628. The van der Waals surface area contributed by atoms with Gasteiger partial charge in [-0.15, -0.1) is 0 Å². The Hall–Kier alpha value is -2.52. The second-order valence-corrected chi connectivity index (χ2v) is 6.06. The highest BCUT2D eigenvalue weighted by atomic mass is 35.5. The first-order chi connectivity index (χ1) is 12.4. The Balaban J connectivity index is 2.26. The molecular weight excluding hydrogens is 380 g/mol. The average molecular weight is 397 g/mol. The van der Waals surface area contributed by atoms with E-state index in [1.54, 1.807) is 18.2 Å². The van der Waals surface area contributed by atoms with Gasteiger partial charge in [-0.25, -0.2) is 0 Å². The van der Waals surface area contributed by atoms with Crippen molar-refractivity contribution in [1.29, 1.82) is 0 Å². The fourth-order valence-electron chi connectivity index (χ4n) is 1.97. The van der Waals surface area contributed by atoms with E-state index < -0.39 is 11.5 Å². The number of hydrogen-bond donors (Lipinski definition) is 2. The molecule has 0 radical (unpaired) electrons. The van der Waals surface area contributed by atoms with Crippen LogP contribution in [0.3, 0.4) is 0 Å². The number of aromatic amines is 1. The summed E-state index contributed by atoms with van der Waals surface area (Å²) in [6.45, 7) is 2.56. The lowest BCUT2D eigenvalue weighted by Crippen LogP contribution is -2.25. The van der Waals surface area contributed by atoms with E-state index in [1.807, 2.05) is 6.92 Å². The molecule has 0 aliphatic heterocycles. The van der Waals surface area contributed by atoms with Crippen LogP contribution in [0, 0.1) is 4.77 Å². The molecule has 0 spiro atoms. The molecule has 0 saturated carbocycles. The summed E-state index contributed by atoms with van der Waals surface area (Å²) in [6.07, 6.45) is 2.05. The van der Waals surface area contributed by atoms with Crippen molar-refractivity contribution in [3.05, 3.63) is 49.6 Å². The number of rotatable bonds is 8. The molecule has 1 heterocycles. The molecule has 0 amide bonds. The topological polar surface area (TPSA) is 110 Å². The molecule has 138 valence electrons. The third-order valence-electron chi connectivity index (χ3n) is 3.23. The van der Waals surface area contributed by atoms with Crippen LogP contribution < -0.4 is 10.3 Å². The molecule has 1 aromatic carbocycles. The first-order valence-corrected chi connectivity index (χ1v) is 8.60. The van der Waals surface area contributed by atoms with Gasteiger partial charge in [-0.05, 0) is 42.4 Å². The highest BCUT2D eigenvalue weighted by Gasteiger charge is 2.09. The predicted molar refractivity (Wildman–Crippen MR) is 99.9 cm³/mol. The minimum Gasteiger partial charge on any atom is -0.492 e. The van der Waals surface area contributed by atoms with Gasteiger partial charge in [-0.2, -0.15) is 14.9 Å². The van der Waals surface area contributed by atoms with Crippen LogP contribution in [0.2, 0.25) is 5.02 Å². The maximum Gasteiger partial charge on any atom is 0.303 e. The molecule has 0 atom stereocenters. The molecule has 1 aromatic heterocycles. The standard InChI is InChI=1S/C16H17ClN4O4S/c1-2-7-25-13-5-3-10(8-11(13)17)9-18-21-15(24)12(4-6-14(22)23)19-20-16(21)26/h3,5,8-9H,2,4,6-7H2,1H3,(H,20,26)(H,22,23)/b18-9-. The van der Waals surface area contributed by atoms with Crippen molar-refractivity contribution in [2.75, 3.05) is 6.61 Å². The van der Waals surface area contributed by atoms with Crippen LogP contribution in [0.25, 0.3) is 0 Å². The number of aromatic nitrogens is 3. The Kier molecular flexibility index (Phi) is 7.05. The molecule has 8 nitrogen and oxygen atoms in total. The summed E-state index contributed by atoms with van der Waals surface area (Å²) in [7, 11) is 0. The van der Waals surface area contributed by atoms with Crippen molar-refractivity contribution in [2.45, 2.75) is 26.2 Å². The molecule has 2 N–H and O–H groups in total. The van der Waals surface area contributed by atoms with E-state index in [4.69, 9.17) is 33.7 Å². The number of aryl methyl sites for hydroxylation is 1. The van der Waals surface area contributed by atoms with Crippen LogP contribution in [0.15, 0.2) is 28.1 Å². The second-order valence-electron chi connectivity index (χ2n) is 5.27. The molecule has 0 fully saturated rings. The van der Waals surface area contributed by atoms with E-state index in [0.717, 1.165) is 11.1 Å². The zero-order chi connectivity index (χ0) is 19.1. The number of halogens is 1. The molecular formula is C16H17ClN4O4S. The largest absolute Gasteiger partial charge is 0.492 e. The van der Waals surface area contributed by atoms with E-state index in [-0.39, 0.29) is 23.3 Å². The predicted octanol–water partition coefficient (Wildman–Crippen LogP) is 2.64. The smallest absolute Gasteiger partial charge is 0.303 e. The fourth-order valence-corrected chi connectivity index (χ4v) is 2.39. The lowest BCUT2D eigenvalue weighted by Gasteiger charge is -2.07. The van der Waals surface area contributed by atoms with Gasteiger partial charge in [0.2, 0.25) is 4.77 Å². The van der Waals surface area contributed by atoms with Crippen molar-refractivity contribution in [3.8, 4) is 5.75 Å². The number of H-pyrrole nitrogens is 1. The van der Waals surface area contributed by atoms with Crippen molar-refractivity contribution >= 4 is 36.0 Å². The van der Waals surface area contributed by atoms with Crippen molar-refractivity contribution in [1.82, 2.24) is 14.9 Å². The van der Waals surface area contributed by atoms with Gasteiger partial charge in [0.15, 0.2) is 0 Å². The number of ether oxygens (including phenoxy) is 1. The Morgan fingerprint density at radius 2 is 2.31 bits per heavy atom. The van der Waals surface area contributed by atoms with Crippen LogP contribution in [0.5, 0.6) is 5.75 Å². The number of nitrogens with zero attached hydrogens (tertiary/aromatic N) is 3. The average Bonchev–Trinajstić information content (AvgIpc) is 2.60. The highest BCUT2D eigenvalue weighted by Crippen LogP contribution is 2.25.